The second kappa shape index (κ2) is 6.30. The molecular weight excluding hydrogens is 260 g/mol. The minimum absolute atomic E-state index is 0.102. The molecule has 0 radical (unpaired) electrons. The van der Waals surface area contributed by atoms with Gasteiger partial charge in [-0.05, 0) is 0 Å². The highest BCUT2D eigenvalue weighted by molar-refractivity contribution is 6.21. The molecule has 0 aliphatic rings. The van der Waals surface area contributed by atoms with E-state index < -0.39 is 0 Å². The van der Waals surface area contributed by atoms with E-state index in [2.05, 4.69) is 0 Å². The minimum atomic E-state index is -0.140. The van der Waals surface area contributed by atoms with Crippen LogP contribution in [0.2, 0.25) is 0 Å². The van der Waals surface area contributed by atoms with E-state index in [1.165, 1.54) is 0 Å². The lowest BCUT2D eigenvalue weighted by atomic mass is 9.95. The van der Waals surface area contributed by atoms with E-state index in [-0.39, 0.29) is 23.9 Å². The molecule has 0 aliphatic carbocycles. The van der Waals surface area contributed by atoms with Gasteiger partial charge in [0.1, 0.15) is 0 Å². The Kier molecular flexibility index (Phi) is 4.48. The van der Waals surface area contributed by atoms with Crippen LogP contribution in [0.3, 0.4) is 0 Å². The first-order valence-electron chi connectivity index (χ1n) is 6.02. The quantitative estimate of drug-likeness (QED) is 0.614. The lowest BCUT2D eigenvalue weighted by Gasteiger charge is -2.07. The molecule has 0 amide bonds. The van der Waals surface area contributed by atoms with Gasteiger partial charge in [-0.25, -0.2) is 0 Å². The molecule has 0 N–H and O–H groups in total. The lowest BCUT2D eigenvalue weighted by molar-refractivity contribution is 0.0972. The highest BCUT2D eigenvalue weighted by Crippen LogP contribution is 2.16. The van der Waals surface area contributed by atoms with Crippen LogP contribution in [0.4, 0.5) is 0 Å². The van der Waals surface area contributed by atoms with Crippen molar-refractivity contribution in [3.05, 3.63) is 71.3 Å². The Morgan fingerprint density at radius 2 is 1.42 bits per heavy atom. The molecule has 0 atom stereocenters. The summed E-state index contributed by atoms with van der Waals surface area (Å²) >= 11 is 5.59. The number of benzene rings is 2. The van der Waals surface area contributed by atoms with E-state index in [9.17, 15) is 9.59 Å². The second-order valence-electron chi connectivity index (χ2n) is 4.10. The number of alkyl halides is 1. The van der Waals surface area contributed by atoms with E-state index in [0.29, 0.717) is 16.7 Å². The number of carbonyl (C=O) groups excluding carboxylic acids is 2. The summed E-state index contributed by atoms with van der Waals surface area (Å²) in [5.41, 5.74) is 1.45. The van der Waals surface area contributed by atoms with Gasteiger partial charge in [-0.3, -0.25) is 9.59 Å². The normalized spacial score (nSPS) is 10.2. The summed E-state index contributed by atoms with van der Waals surface area (Å²) in [5.74, 6) is 0.0150. The Hall–Kier alpha value is -1.93. The van der Waals surface area contributed by atoms with Gasteiger partial charge in [0.2, 0.25) is 0 Å². The maximum absolute atomic E-state index is 12.4. The molecule has 0 saturated carbocycles. The summed E-state index contributed by atoms with van der Waals surface area (Å²) in [6.45, 7) is 0. The van der Waals surface area contributed by atoms with E-state index in [4.69, 9.17) is 11.6 Å². The van der Waals surface area contributed by atoms with Crippen molar-refractivity contribution in [1.29, 1.82) is 0 Å². The minimum Gasteiger partial charge on any atom is -0.294 e. The van der Waals surface area contributed by atoms with Gasteiger partial charge in [-0.15, -0.1) is 11.6 Å². The number of hydrogen-bond acceptors (Lipinski definition) is 2. The molecule has 19 heavy (non-hydrogen) atoms. The van der Waals surface area contributed by atoms with Gasteiger partial charge < -0.3 is 0 Å². The molecule has 0 aromatic heterocycles. The van der Waals surface area contributed by atoms with Crippen LogP contribution in [0.15, 0.2) is 54.6 Å². The number of Topliss-reactive ketones (excluding diaryl/α,β-unsaturated/α-hetero) is 1. The summed E-state index contributed by atoms with van der Waals surface area (Å²) in [4.78, 5) is 24.4. The molecule has 0 fully saturated rings. The van der Waals surface area contributed by atoms with Crippen LogP contribution < -0.4 is 0 Å². The monoisotopic (exact) mass is 272 g/mol. The van der Waals surface area contributed by atoms with Crippen LogP contribution in [0.5, 0.6) is 0 Å². The molecular formula is C16H13ClO2. The standard InChI is InChI=1S/C16H13ClO2/c17-11-10-15(18)13-8-4-5-9-14(13)16(19)12-6-2-1-3-7-12/h1-9H,10-11H2. The molecule has 0 bridgehead atoms. The van der Waals surface area contributed by atoms with E-state index in [0.717, 1.165) is 0 Å². The fourth-order valence-electron chi connectivity index (χ4n) is 1.89. The van der Waals surface area contributed by atoms with Gasteiger partial charge in [-0.2, -0.15) is 0 Å². The van der Waals surface area contributed by atoms with Gasteiger partial charge in [0, 0.05) is 29.0 Å². The fourth-order valence-corrected chi connectivity index (χ4v) is 2.06. The van der Waals surface area contributed by atoms with Crippen molar-refractivity contribution < 1.29 is 9.59 Å². The van der Waals surface area contributed by atoms with Crippen molar-refractivity contribution >= 4 is 23.2 Å². The first kappa shape index (κ1) is 13.5. The Morgan fingerprint density at radius 1 is 0.842 bits per heavy atom. The van der Waals surface area contributed by atoms with Crippen LogP contribution in [0, 0.1) is 0 Å². The molecule has 0 saturated heterocycles. The Labute approximate surface area is 117 Å². The van der Waals surface area contributed by atoms with E-state index in [1.54, 1.807) is 48.5 Å². The topological polar surface area (TPSA) is 34.1 Å². The molecule has 2 aromatic carbocycles. The first-order chi connectivity index (χ1) is 9.24. The third kappa shape index (κ3) is 3.09. The predicted octanol–water partition coefficient (Wildman–Crippen LogP) is 3.73. The molecule has 0 spiro atoms. The lowest BCUT2D eigenvalue weighted by Crippen LogP contribution is -2.10. The molecule has 0 unspecified atom stereocenters. The van der Waals surface area contributed by atoms with Crippen molar-refractivity contribution in [3.63, 3.8) is 0 Å². The number of rotatable bonds is 5. The van der Waals surface area contributed by atoms with Crippen molar-refractivity contribution in [1.82, 2.24) is 0 Å². The van der Waals surface area contributed by atoms with Crippen LogP contribution in [-0.2, 0) is 0 Å². The number of ketones is 2. The molecule has 2 rings (SSSR count). The highest BCUT2D eigenvalue weighted by atomic mass is 35.5. The van der Waals surface area contributed by atoms with Crippen LogP contribution in [0.1, 0.15) is 32.7 Å². The molecule has 2 nitrogen and oxygen atoms in total. The van der Waals surface area contributed by atoms with Gasteiger partial charge in [0.25, 0.3) is 0 Å². The SMILES string of the molecule is O=C(CCCl)c1ccccc1C(=O)c1ccccc1. The summed E-state index contributed by atoms with van der Waals surface area (Å²) < 4.78 is 0. The number of hydrogen-bond donors (Lipinski definition) is 0. The summed E-state index contributed by atoms with van der Waals surface area (Å²) in [5, 5.41) is 0. The average Bonchev–Trinajstić information content (AvgIpc) is 2.47. The highest BCUT2D eigenvalue weighted by Gasteiger charge is 2.17. The maximum Gasteiger partial charge on any atom is 0.193 e. The molecule has 3 heteroatoms. The third-order valence-electron chi connectivity index (χ3n) is 2.83. The Morgan fingerprint density at radius 3 is 2.05 bits per heavy atom. The van der Waals surface area contributed by atoms with Crippen molar-refractivity contribution in [3.8, 4) is 0 Å². The molecule has 96 valence electrons. The first-order valence-corrected chi connectivity index (χ1v) is 6.55. The molecule has 0 aliphatic heterocycles. The third-order valence-corrected chi connectivity index (χ3v) is 3.02. The zero-order chi connectivity index (χ0) is 13.7. The Bertz CT molecular complexity index is 591. The van der Waals surface area contributed by atoms with Crippen molar-refractivity contribution in [2.75, 3.05) is 5.88 Å². The molecule has 2 aromatic rings. The predicted molar refractivity (Wildman–Crippen MR) is 76.0 cm³/mol. The van der Waals surface area contributed by atoms with Gasteiger partial charge in [-0.1, -0.05) is 54.6 Å². The zero-order valence-corrected chi connectivity index (χ0v) is 11.1. The second-order valence-corrected chi connectivity index (χ2v) is 4.48. The van der Waals surface area contributed by atoms with Gasteiger partial charge in [0.05, 0.1) is 0 Å². The van der Waals surface area contributed by atoms with Crippen LogP contribution >= 0.6 is 11.6 Å². The van der Waals surface area contributed by atoms with Gasteiger partial charge in [0.15, 0.2) is 11.6 Å². The van der Waals surface area contributed by atoms with E-state index >= 15 is 0 Å². The fraction of sp³-hybridized carbons (Fsp3) is 0.125. The van der Waals surface area contributed by atoms with Crippen LogP contribution in [0.25, 0.3) is 0 Å². The summed E-state index contributed by atoms with van der Waals surface area (Å²) in [6, 6.07) is 15.8. The zero-order valence-electron chi connectivity index (χ0n) is 10.3. The van der Waals surface area contributed by atoms with Crippen LogP contribution in [-0.4, -0.2) is 17.4 Å². The number of halogens is 1. The maximum atomic E-state index is 12.4. The van der Waals surface area contributed by atoms with Gasteiger partial charge >= 0.3 is 0 Å². The van der Waals surface area contributed by atoms with Crippen molar-refractivity contribution in [2.24, 2.45) is 0 Å². The molecule has 0 heterocycles. The summed E-state index contributed by atoms with van der Waals surface area (Å²) in [7, 11) is 0. The largest absolute Gasteiger partial charge is 0.294 e. The smallest absolute Gasteiger partial charge is 0.193 e. The summed E-state index contributed by atoms with van der Waals surface area (Å²) in [6.07, 6.45) is 0.237. The van der Waals surface area contributed by atoms with E-state index in [1.807, 2.05) is 6.07 Å². The van der Waals surface area contributed by atoms with Crippen molar-refractivity contribution in [2.45, 2.75) is 6.42 Å². The Balaban J connectivity index is 2.40. The average molecular weight is 273 g/mol. The number of carbonyl (C=O) groups is 2.